The predicted octanol–water partition coefficient (Wildman–Crippen LogP) is -0.495. The summed E-state index contributed by atoms with van der Waals surface area (Å²) in [6.45, 7) is 4.59. The van der Waals surface area contributed by atoms with Crippen molar-refractivity contribution in [2.45, 2.75) is 44.2 Å². The minimum atomic E-state index is -0.375. The van der Waals surface area contributed by atoms with E-state index in [0.717, 1.165) is 12.8 Å². The van der Waals surface area contributed by atoms with Crippen molar-refractivity contribution in [1.82, 2.24) is 15.1 Å². The molecule has 3 aliphatic heterocycles. The Hall–Kier alpha value is -1.63. The molecule has 122 valence electrons. The Morgan fingerprint density at radius 1 is 1.23 bits per heavy atom. The van der Waals surface area contributed by atoms with Gasteiger partial charge in [0.15, 0.2) is 0 Å². The number of piperidine rings is 1. The van der Waals surface area contributed by atoms with E-state index in [4.69, 9.17) is 4.74 Å². The lowest BCUT2D eigenvalue weighted by molar-refractivity contribution is -0.163. The van der Waals surface area contributed by atoms with Crippen LogP contribution in [-0.2, 0) is 19.1 Å². The highest BCUT2D eigenvalue weighted by Gasteiger charge is 2.43. The number of morpholine rings is 1. The van der Waals surface area contributed by atoms with Gasteiger partial charge in [-0.1, -0.05) is 0 Å². The fourth-order valence-corrected chi connectivity index (χ4v) is 3.58. The van der Waals surface area contributed by atoms with E-state index in [0.29, 0.717) is 45.6 Å². The number of likely N-dealkylation sites (tertiary alicyclic amines) is 1. The van der Waals surface area contributed by atoms with Gasteiger partial charge in [0, 0.05) is 39.5 Å². The number of amides is 3. The van der Waals surface area contributed by atoms with Crippen LogP contribution in [-0.4, -0.2) is 72.0 Å². The summed E-state index contributed by atoms with van der Waals surface area (Å²) in [5.74, 6) is 0.0471. The Balaban J connectivity index is 1.61. The SMILES string of the molecule is CC(=O)N1CCC2(CC1)CN(C(=O)[C@H]1CCC(=O)N1)CCO2. The number of hydrogen-bond acceptors (Lipinski definition) is 4. The van der Waals surface area contributed by atoms with Crippen molar-refractivity contribution in [2.24, 2.45) is 0 Å². The zero-order valence-corrected chi connectivity index (χ0v) is 13.0. The van der Waals surface area contributed by atoms with Crippen molar-refractivity contribution in [2.75, 3.05) is 32.8 Å². The maximum Gasteiger partial charge on any atom is 0.245 e. The molecule has 3 amide bonds. The Morgan fingerprint density at radius 2 is 1.95 bits per heavy atom. The van der Waals surface area contributed by atoms with Crippen LogP contribution in [0.2, 0.25) is 0 Å². The number of ether oxygens (including phenoxy) is 1. The average Bonchev–Trinajstić information content (AvgIpc) is 2.93. The zero-order valence-electron chi connectivity index (χ0n) is 13.0. The van der Waals surface area contributed by atoms with Crippen LogP contribution in [0.3, 0.4) is 0 Å². The van der Waals surface area contributed by atoms with E-state index in [9.17, 15) is 14.4 Å². The van der Waals surface area contributed by atoms with Crippen LogP contribution in [0.5, 0.6) is 0 Å². The monoisotopic (exact) mass is 309 g/mol. The largest absolute Gasteiger partial charge is 0.371 e. The number of hydrogen-bond donors (Lipinski definition) is 1. The first-order valence-electron chi connectivity index (χ1n) is 7.97. The zero-order chi connectivity index (χ0) is 15.7. The summed E-state index contributed by atoms with van der Waals surface area (Å²) in [7, 11) is 0. The van der Waals surface area contributed by atoms with Gasteiger partial charge in [0.2, 0.25) is 17.7 Å². The van der Waals surface area contributed by atoms with Gasteiger partial charge in [-0.05, 0) is 19.3 Å². The van der Waals surface area contributed by atoms with Crippen LogP contribution in [0.4, 0.5) is 0 Å². The number of carbonyl (C=O) groups excluding carboxylic acids is 3. The third-order valence-electron chi connectivity index (χ3n) is 4.97. The van der Waals surface area contributed by atoms with Gasteiger partial charge >= 0.3 is 0 Å². The normalized spacial score (nSPS) is 27.9. The molecule has 3 saturated heterocycles. The van der Waals surface area contributed by atoms with Gasteiger partial charge in [0.25, 0.3) is 0 Å². The summed E-state index contributed by atoms with van der Waals surface area (Å²) in [5, 5.41) is 2.74. The number of nitrogens with one attached hydrogen (secondary N) is 1. The van der Waals surface area contributed by atoms with Crippen molar-refractivity contribution in [3.05, 3.63) is 0 Å². The van der Waals surface area contributed by atoms with Gasteiger partial charge < -0.3 is 19.9 Å². The average molecular weight is 309 g/mol. The van der Waals surface area contributed by atoms with Gasteiger partial charge in [0.1, 0.15) is 6.04 Å². The molecule has 0 saturated carbocycles. The first kappa shape index (κ1) is 15.3. The molecule has 0 aromatic rings. The fraction of sp³-hybridized carbons (Fsp3) is 0.800. The topological polar surface area (TPSA) is 79.0 Å². The molecule has 3 aliphatic rings. The maximum absolute atomic E-state index is 12.5. The number of nitrogens with zero attached hydrogens (tertiary/aromatic N) is 2. The Labute approximate surface area is 129 Å². The van der Waals surface area contributed by atoms with Crippen LogP contribution in [0.1, 0.15) is 32.6 Å². The molecular formula is C15H23N3O4. The van der Waals surface area contributed by atoms with Gasteiger partial charge in [-0.2, -0.15) is 0 Å². The first-order valence-corrected chi connectivity index (χ1v) is 7.97. The summed E-state index contributed by atoms with van der Waals surface area (Å²) in [5.41, 5.74) is -0.331. The molecule has 0 unspecified atom stereocenters. The van der Waals surface area contributed by atoms with Gasteiger partial charge in [-0.3, -0.25) is 14.4 Å². The molecule has 0 bridgehead atoms. The standard InChI is InChI=1S/C15H23N3O4/c1-11(19)17-6-4-15(5-7-17)10-18(8-9-22-15)14(21)12-2-3-13(20)16-12/h12H,2-10H2,1H3,(H,16,20)/t12-/m1/s1. The molecule has 0 aliphatic carbocycles. The van der Waals surface area contributed by atoms with Crippen molar-refractivity contribution in [1.29, 1.82) is 0 Å². The van der Waals surface area contributed by atoms with E-state index in [2.05, 4.69) is 5.32 Å². The highest BCUT2D eigenvalue weighted by Crippen LogP contribution is 2.30. The predicted molar refractivity (Wildman–Crippen MR) is 77.9 cm³/mol. The fourth-order valence-electron chi connectivity index (χ4n) is 3.58. The minimum Gasteiger partial charge on any atom is -0.371 e. The Kier molecular flexibility index (Phi) is 4.08. The molecule has 3 heterocycles. The third kappa shape index (κ3) is 2.95. The number of rotatable bonds is 1. The van der Waals surface area contributed by atoms with Gasteiger partial charge in [0.05, 0.1) is 12.2 Å². The molecule has 3 fully saturated rings. The molecule has 1 atom stereocenters. The van der Waals surface area contributed by atoms with E-state index in [1.807, 2.05) is 9.80 Å². The summed E-state index contributed by atoms with van der Waals surface area (Å²) in [6.07, 6.45) is 2.53. The van der Waals surface area contributed by atoms with Crippen molar-refractivity contribution >= 4 is 17.7 Å². The lowest BCUT2D eigenvalue weighted by atomic mass is 9.89. The first-order chi connectivity index (χ1) is 10.5. The van der Waals surface area contributed by atoms with Crippen LogP contribution in [0.25, 0.3) is 0 Å². The molecule has 0 radical (unpaired) electrons. The summed E-state index contributed by atoms with van der Waals surface area (Å²) in [6, 6.07) is -0.375. The van der Waals surface area contributed by atoms with Crippen LogP contribution < -0.4 is 5.32 Å². The van der Waals surface area contributed by atoms with E-state index in [1.54, 1.807) is 6.92 Å². The van der Waals surface area contributed by atoms with E-state index < -0.39 is 0 Å². The highest BCUT2D eigenvalue weighted by molar-refractivity contribution is 5.90. The smallest absolute Gasteiger partial charge is 0.245 e. The molecule has 1 spiro atoms. The number of carbonyl (C=O) groups is 3. The summed E-state index contributed by atoms with van der Waals surface area (Å²) in [4.78, 5) is 38.9. The van der Waals surface area contributed by atoms with E-state index in [-0.39, 0.29) is 29.4 Å². The van der Waals surface area contributed by atoms with E-state index >= 15 is 0 Å². The lowest BCUT2D eigenvalue weighted by Gasteiger charge is -2.47. The third-order valence-corrected chi connectivity index (χ3v) is 4.97. The maximum atomic E-state index is 12.5. The quantitative estimate of drug-likeness (QED) is 0.708. The van der Waals surface area contributed by atoms with Gasteiger partial charge in [-0.15, -0.1) is 0 Å². The molecule has 7 nitrogen and oxygen atoms in total. The lowest BCUT2D eigenvalue weighted by Crippen LogP contribution is -2.60. The minimum absolute atomic E-state index is 0.00234. The Morgan fingerprint density at radius 3 is 2.55 bits per heavy atom. The second-order valence-electron chi connectivity index (χ2n) is 6.46. The van der Waals surface area contributed by atoms with Crippen LogP contribution in [0, 0.1) is 0 Å². The summed E-state index contributed by atoms with van der Waals surface area (Å²) >= 11 is 0. The second-order valence-corrected chi connectivity index (χ2v) is 6.46. The summed E-state index contributed by atoms with van der Waals surface area (Å²) < 4.78 is 5.98. The van der Waals surface area contributed by atoms with Crippen molar-refractivity contribution in [3.63, 3.8) is 0 Å². The molecule has 3 rings (SSSR count). The second kappa shape index (κ2) is 5.87. The molecular weight excluding hydrogens is 286 g/mol. The van der Waals surface area contributed by atoms with Crippen LogP contribution >= 0.6 is 0 Å². The Bertz CT molecular complexity index is 485. The van der Waals surface area contributed by atoms with Gasteiger partial charge in [-0.25, -0.2) is 0 Å². The van der Waals surface area contributed by atoms with E-state index in [1.165, 1.54) is 0 Å². The van der Waals surface area contributed by atoms with Crippen molar-refractivity contribution < 1.29 is 19.1 Å². The van der Waals surface area contributed by atoms with Crippen molar-refractivity contribution in [3.8, 4) is 0 Å². The molecule has 1 N–H and O–H groups in total. The molecule has 22 heavy (non-hydrogen) atoms. The highest BCUT2D eigenvalue weighted by atomic mass is 16.5. The molecule has 7 heteroatoms. The molecule has 0 aromatic carbocycles. The van der Waals surface area contributed by atoms with Crippen LogP contribution in [0.15, 0.2) is 0 Å². The molecule has 0 aromatic heterocycles.